The van der Waals surface area contributed by atoms with Gasteiger partial charge < -0.3 is 11.1 Å². The maximum atomic E-state index is 12.3. The zero-order valence-electron chi connectivity index (χ0n) is 13.7. The molecule has 1 aliphatic rings. The van der Waals surface area contributed by atoms with Gasteiger partial charge in [-0.1, -0.05) is 26.8 Å². The van der Waals surface area contributed by atoms with Gasteiger partial charge >= 0.3 is 0 Å². The molecule has 1 saturated carbocycles. The number of carbonyl (C=O) groups is 2. The first-order valence-electron chi connectivity index (χ1n) is 7.98. The molecule has 2 rings (SSSR count). The lowest BCUT2D eigenvalue weighted by molar-refractivity contribution is 0.0904. The maximum absolute atomic E-state index is 12.3. The Balaban J connectivity index is 1.94. The third kappa shape index (κ3) is 4.09. The molecular weight excluding hydrogens is 276 g/mol. The van der Waals surface area contributed by atoms with E-state index >= 15 is 0 Å². The van der Waals surface area contributed by atoms with Crippen LogP contribution in [0.3, 0.4) is 0 Å². The predicted octanol–water partition coefficient (Wildman–Crippen LogP) is 3.12. The first-order valence-corrected chi connectivity index (χ1v) is 7.98. The molecule has 0 aliphatic heterocycles. The number of benzene rings is 1. The molecule has 0 bridgehead atoms. The van der Waals surface area contributed by atoms with Gasteiger partial charge in [-0.25, -0.2) is 0 Å². The normalized spacial score (nSPS) is 22.1. The third-order valence-electron chi connectivity index (χ3n) is 4.70. The minimum absolute atomic E-state index is 0.123. The number of primary amides is 1. The molecule has 0 atom stereocenters. The molecule has 1 aromatic carbocycles. The van der Waals surface area contributed by atoms with Gasteiger partial charge in [-0.3, -0.25) is 9.59 Å². The molecule has 0 unspecified atom stereocenters. The Kier molecular flexibility index (Phi) is 4.89. The molecule has 3 N–H and O–H groups in total. The highest BCUT2D eigenvalue weighted by molar-refractivity contribution is 5.99. The Morgan fingerprint density at radius 1 is 1.09 bits per heavy atom. The van der Waals surface area contributed by atoms with Crippen molar-refractivity contribution < 1.29 is 9.59 Å². The van der Waals surface area contributed by atoms with Crippen LogP contribution < -0.4 is 11.1 Å². The summed E-state index contributed by atoms with van der Waals surface area (Å²) in [6.07, 6.45) is 4.33. The first kappa shape index (κ1) is 16.5. The lowest BCUT2D eigenvalue weighted by Gasteiger charge is -2.37. The van der Waals surface area contributed by atoms with Crippen LogP contribution in [0.5, 0.6) is 0 Å². The lowest BCUT2D eigenvalue weighted by Crippen LogP contribution is -2.39. The van der Waals surface area contributed by atoms with Crippen LogP contribution in [0.2, 0.25) is 0 Å². The molecule has 1 fully saturated rings. The summed E-state index contributed by atoms with van der Waals surface area (Å²) >= 11 is 0. The van der Waals surface area contributed by atoms with E-state index in [0.29, 0.717) is 16.5 Å². The van der Waals surface area contributed by atoms with Gasteiger partial charge in [-0.05, 0) is 55.2 Å². The van der Waals surface area contributed by atoms with E-state index in [1.807, 2.05) is 0 Å². The predicted molar refractivity (Wildman–Crippen MR) is 87.6 cm³/mol. The van der Waals surface area contributed by atoms with Crippen molar-refractivity contribution in [1.29, 1.82) is 0 Å². The Morgan fingerprint density at radius 3 is 2.23 bits per heavy atom. The summed E-state index contributed by atoms with van der Waals surface area (Å²) in [5, 5.41) is 3.08. The Morgan fingerprint density at radius 2 is 1.68 bits per heavy atom. The molecule has 0 heterocycles. The smallest absolute Gasteiger partial charge is 0.251 e. The summed E-state index contributed by atoms with van der Waals surface area (Å²) in [4.78, 5) is 23.5. The second-order valence-electron chi connectivity index (χ2n) is 7.33. The molecule has 0 saturated heterocycles. The first-order chi connectivity index (χ1) is 10.3. The monoisotopic (exact) mass is 302 g/mol. The van der Waals surface area contributed by atoms with Gasteiger partial charge in [0.1, 0.15) is 0 Å². The summed E-state index contributed by atoms with van der Waals surface area (Å²) in [5.41, 5.74) is 6.45. The highest BCUT2D eigenvalue weighted by Gasteiger charge is 2.30. The van der Waals surface area contributed by atoms with E-state index in [0.717, 1.165) is 31.6 Å². The van der Waals surface area contributed by atoms with Crippen molar-refractivity contribution in [3.63, 3.8) is 0 Å². The van der Waals surface area contributed by atoms with Crippen LogP contribution in [0.1, 0.15) is 67.2 Å². The molecule has 120 valence electrons. The minimum atomic E-state index is -0.514. The van der Waals surface area contributed by atoms with Gasteiger partial charge in [0.15, 0.2) is 0 Å². The SMILES string of the molecule is CC(C)(C)[C@H]1CC[C@@H](NC(=O)c2cccc(C(N)=O)c2)CC1. The molecule has 0 spiro atoms. The van der Waals surface area contributed by atoms with Gasteiger partial charge in [-0.15, -0.1) is 0 Å². The van der Waals surface area contributed by atoms with Gasteiger partial charge in [0.25, 0.3) is 5.91 Å². The zero-order chi connectivity index (χ0) is 16.3. The second-order valence-corrected chi connectivity index (χ2v) is 7.33. The lowest BCUT2D eigenvalue weighted by atomic mass is 9.71. The van der Waals surface area contributed by atoms with Crippen LogP contribution >= 0.6 is 0 Å². The van der Waals surface area contributed by atoms with Gasteiger partial charge in [0.05, 0.1) is 0 Å². The van der Waals surface area contributed by atoms with Crippen molar-refractivity contribution in [3.8, 4) is 0 Å². The largest absolute Gasteiger partial charge is 0.366 e. The van der Waals surface area contributed by atoms with Crippen LogP contribution in [-0.2, 0) is 0 Å². The van der Waals surface area contributed by atoms with Crippen molar-refractivity contribution >= 4 is 11.8 Å². The van der Waals surface area contributed by atoms with Crippen molar-refractivity contribution in [1.82, 2.24) is 5.32 Å². The topological polar surface area (TPSA) is 72.2 Å². The fraction of sp³-hybridized carbons (Fsp3) is 0.556. The number of nitrogens with two attached hydrogens (primary N) is 1. The quantitative estimate of drug-likeness (QED) is 0.900. The molecule has 1 aliphatic carbocycles. The molecule has 0 aromatic heterocycles. The van der Waals surface area contributed by atoms with E-state index < -0.39 is 5.91 Å². The highest BCUT2D eigenvalue weighted by atomic mass is 16.2. The molecule has 1 aromatic rings. The number of amides is 2. The molecule has 22 heavy (non-hydrogen) atoms. The van der Waals surface area contributed by atoms with Crippen LogP contribution in [0.15, 0.2) is 24.3 Å². The second kappa shape index (κ2) is 6.51. The van der Waals surface area contributed by atoms with Crippen LogP contribution in [0.25, 0.3) is 0 Å². The third-order valence-corrected chi connectivity index (χ3v) is 4.70. The Bertz CT molecular complexity index is 552. The summed E-state index contributed by atoms with van der Waals surface area (Å²) in [7, 11) is 0. The van der Waals surface area contributed by atoms with Crippen molar-refractivity contribution in [2.75, 3.05) is 0 Å². The minimum Gasteiger partial charge on any atom is -0.366 e. The fourth-order valence-corrected chi connectivity index (χ4v) is 3.19. The maximum Gasteiger partial charge on any atom is 0.251 e. The number of hydrogen-bond acceptors (Lipinski definition) is 2. The number of nitrogens with one attached hydrogen (secondary N) is 1. The molecule has 4 heteroatoms. The molecular formula is C18H26N2O2. The van der Waals surface area contributed by atoms with Crippen LogP contribution in [0, 0.1) is 11.3 Å². The van der Waals surface area contributed by atoms with Crippen LogP contribution in [0.4, 0.5) is 0 Å². The molecule has 2 amide bonds. The van der Waals surface area contributed by atoms with Gasteiger partial charge in [-0.2, -0.15) is 0 Å². The van der Waals surface area contributed by atoms with Crippen molar-refractivity contribution in [3.05, 3.63) is 35.4 Å². The molecule has 0 radical (unpaired) electrons. The van der Waals surface area contributed by atoms with Gasteiger partial charge in [0.2, 0.25) is 5.91 Å². The average Bonchev–Trinajstić information content (AvgIpc) is 2.47. The Labute approximate surface area is 132 Å². The summed E-state index contributed by atoms with van der Waals surface area (Å²) < 4.78 is 0. The van der Waals surface area contributed by atoms with E-state index in [9.17, 15) is 9.59 Å². The number of carbonyl (C=O) groups excluding carboxylic acids is 2. The van der Waals surface area contributed by atoms with Crippen molar-refractivity contribution in [2.45, 2.75) is 52.5 Å². The average molecular weight is 302 g/mol. The molecule has 4 nitrogen and oxygen atoms in total. The summed E-state index contributed by atoms with van der Waals surface area (Å²) in [6, 6.07) is 6.79. The standard InChI is InChI=1S/C18H26N2O2/c1-18(2,3)14-7-9-15(10-8-14)20-17(22)13-6-4-5-12(11-13)16(19)21/h4-6,11,14-15H,7-10H2,1-3H3,(H2,19,21)(H,20,22)/t14-,15+. The van der Waals surface area contributed by atoms with E-state index in [-0.39, 0.29) is 11.9 Å². The highest BCUT2D eigenvalue weighted by Crippen LogP contribution is 2.37. The number of hydrogen-bond donors (Lipinski definition) is 2. The van der Waals surface area contributed by atoms with Crippen molar-refractivity contribution in [2.24, 2.45) is 17.1 Å². The van der Waals surface area contributed by atoms with E-state index in [1.165, 1.54) is 0 Å². The summed E-state index contributed by atoms with van der Waals surface area (Å²) in [6.45, 7) is 6.85. The van der Waals surface area contributed by atoms with E-state index in [2.05, 4.69) is 26.1 Å². The van der Waals surface area contributed by atoms with E-state index in [1.54, 1.807) is 24.3 Å². The summed E-state index contributed by atoms with van der Waals surface area (Å²) in [5.74, 6) is 0.0847. The Hall–Kier alpha value is -1.84. The van der Waals surface area contributed by atoms with Gasteiger partial charge in [0, 0.05) is 17.2 Å². The zero-order valence-corrected chi connectivity index (χ0v) is 13.7. The van der Waals surface area contributed by atoms with Crippen LogP contribution in [-0.4, -0.2) is 17.9 Å². The number of rotatable bonds is 3. The fourth-order valence-electron chi connectivity index (χ4n) is 3.19. The van der Waals surface area contributed by atoms with E-state index in [4.69, 9.17) is 5.73 Å².